The van der Waals surface area contributed by atoms with E-state index in [0.29, 0.717) is 11.3 Å². The molecule has 5 heteroatoms. The van der Waals surface area contributed by atoms with Crippen molar-refractivity contribution in [2.75, 3.05) is 6.61 Å². The van der Waals surface area contributed by atoms with E-state index >= 15 is 0 Å². The van der Waals surface area contributed by atoms with E-state index in [2.05, 4.69) is 10.9 Å². The van der Waals surface area contributed by atoms with Crippen LogP contribution in [-0.2, 0) is 4.79 Å². The average molecular weight is 348 g/mol. The third-order valence-electron chi connectivity index (χ3n) is 4.03. The average Bonchev–Trinajstić information content (AvgIpc) is 2.66. The molecule has 3 aromatic rings. The van der Waals surface area contributed by atoms with Crippen molar-refractivity contribution in [1.82, 2.24) is 10.9 Å². The summed E-state index contributed by atoms with van der Waals surface area (Å²) in [5.74, 6) is -0.156. The number of aryl methyl sites for hydroxylation is 2. The first-order chi connectivity index (χ1) is 12.5. The predicted molar refractivity (Wildman–Crippen MR) is 101 cm³/mol. The molecule has 5 nitrogen and oxygen atoms in total. The summed E-state index contributed by atoms with van der Waals surface area (Å²) in [5.41, 5.74) is 7.25. The lowest BCUT2D eigenvalue weighted by Gasteiger charge is -2.11. The Morgan fingerprint density at radius 1 is 0.885 bits per heavy atom. The fourth-order valence-electron chi connectivity index (χ4n) is 2.57. The van der Waals surface area contributed by atoms with Gasteiger partial charge in [0, 0.05) is 5.56 Å². The van der Waals surface area contributed by atoms with Crippen LogP contribution in [0.2, 0.25) is 0 Å². The minimum absolute atomic E-state index is 0.178. The molecular weight excluding hydrogens is 328 g/mol. The maximum absolute atomic E-state index is 12.2. The second-order valence-corrected chi connectivity index (χ2v) is 6.12. The summed E-state index contributed by atoms with van der Waals surface area (Å²) in [6.07, 6.45) is 0. The van der Waals surface area contributed by atoms with E-state index in [1.54, 1.807) is 12.1 Å². The summed E-state index contributed by atoms with van der Waals surface area (Å²) in [6.45, 7) is 3.69. The quantitative estimate of drug-likeness (QED) is 0.711. The summed E-state index contributed by atoms with van der Waals surface area (Å²) in [7, 11) is 0. The monoisotopic (exact) mass is 348 g/mol. The number of hydrogen-bond donors (Lipinski definition) is 2. The summed E-state index contributed by atoms with van der Waals surface area (Å²) in [4.78, 5) is 24.1. The molecule has 132 valence electrons. The number of nitrogens with one attached hydrogen (secondary N) is 2. The van der Waals surface area contributed by atoms with E-state index in [9.17, 15) is 9.59 Å². The van der Waals surface area contributed by atoms with Crippen molar-refractivity contribution in [2.45, 2.75) is 13.8 Å². The van der Waals surface area contributed by atoms with Gasteiger partial charge in [-0.15, -0.1) is 0 Å². The van der Waals surface area contributed by atoms with E-state index in [4.69, 9.17) is 4.74 Å². The molecule has 26 heavy (non-hydrogen) atoms. The smallest absolute Gasteiger partial charge is 0.276 e. The number of benzene rings is 3. The summed E-state index contributed by atoms with van der Waals surface area (Å²) in [6, 6.07) is 18.9. The lowest BCUT2D eigenvalue weighted by molar-refractivity contribution is -0.123. The van der Waals surface area contributed by atoms with Crippen LogP contribution in [0.25, 0.3) is 10.8 Å². The first kappa shape index (κ1) is 17.5. The zero-order valence-corrected chi connectivity index (χ0v) is 14.7. The van der Waals surface area contributed by atoms with Crippen molar-refractivity contribution in [3.63, 3.8) is 0 Å². The van der Waals surface area contributed by atoms with Gasteiger partial charge in [-0.2, -0.15) is 0 Å². The summed E-state index contributed by atoms with van der Waals surface area (Å²) in [5, 5.41) is 2.01. The third-order valence-corrected chi connectivity index (χ3v) is 4.03. The van der Waals surface area contributed by atoms with E-state index < -0.39 is 5.91 Å². The summed E-state index contributed by atoms with van der Waals surface area (Å²) < 4.78 is 5.51. The van der Waals surface area contributed by atoms with Gasteiger partial charge in [0.1, 0.15) is 5.75 Å². The van der Waals surface area contributed by atoms with E-state index in [-0.39, 0.29) is 12.5 Å². The lowest BCUT2D eigenvalue weighted by atomic mass is 10.1. The number of carbonyl (C=O) groups is 2. The minimum Gasteiger partial charge on any atom is -0.483 e. The number of hydrazine groups is 1. The molecule has 0 spiro atoms. The number of fused-ring (bicyclic) bond motifs is 1. The Labute approximate surface area is 152 Å². The molecule has 3 aromatic carbocycles. The van der Waals surface area contributed by atoms with E-state index in [1.807, 2.05) is 62.4 Å². The molecule has 0 bridgehead atoms. The Morgan fingerprint density at radius 2 is 1.65 bits per heavy atom. The molecule has 3 rings (SSSR count). The molecule has 0 heterocycles. The highest BCUT2D eigenvalue weighted by atomic mass is 16.5. The van der Waals surface area contributed by atoms with Gasteiger partial charge in [0.05, 0.1) is 0 Å². The molecule has 2 amide bonds. The van der Waals surface area contributed by atoms with E-state index in [0.717, 1.165) is 21.9 Å². The van der Waals surface area contributed by atoms with Crippen LogP contribution >= 0.6 is 0 Å². The predicted octanol–water partition coefficient (Wildman–Crippen LogP) is 3.30. The molecule has 0 aliphatic carbocycles. The van der Waals surface area contributed by atoms with E-state index in [1.165, 1.54) is 0 Å². The largest absolute Gasteiger partial charge is 0.483 e. The Kier molecular flexibility index (Phi) is 5.17. The highest BCUT2D eigenvalue weighted by molar-refractivity contribution is 5.99. The van der Waals surface area contributed by atoms with Crippen LogP contribution in [0.15, 0.2) is 60.7 Å². The van der Waals surface area contributed by atoms with Crippen LogP contribution in [0.1, 0.15) is 21.5 Å². The van der Waals surface area contributed by atoms with Gasteiger partial charge in [-0.05, 0) is 53.9 Å². The van der Waals surface area contributed by atoms with Crippen molar-refractivity contribution >= 4 is 22.6 Å². The van der Waals surface area contributed by atoms with Gasteiger partial charge < -0.3 is 4.74 Å². The molecule has 0 unspecified atom stereocenters. The topological polar surface area (TPSA) is 67.4 Å². The highest BCUT2D eigenvalue weighted by Crippen LogP contribution is 2.19. The van der Waals surface area contributed by atoms with Crippen molar-refractivity contribution in [3.8, 4) is 5.75 Å². The van der Waals surface area contributed by atoms with Crippen LogP contribution in [-0.4, -0.2) is 18.4 Å². The fraction of sp³-hybridized carbons (Fsp3) is 0.143. The lowest BCUT2D eigenvalue weighted by Crippen LogP contribution is -2.43. The Bertz CT molecular complexity index is 966. The maximum Gasteiger partial charge on any atom is 0.276 e. The van der Waals surface area contributed by atoms with Gasteiger partial charge >= 0.3 is 0 Å². The molecule has 2 N–H and O–H groups in total. The zero-order valence-electron chi connectivity index (χ0n) is 14.7. The number of hydrogen-bond acceptors (Lipinski definition) is 3. The van der Waals surface area contributed by atoms with Gasteiger partial charge in [0.25, 0.3) is 11.8 Å². The molecule has 0 saturated carbocycles. The van der Waals surface area contributed by atoms with Crippen LogP contribution in [0, 0.1) is 13.8 Å². The van der Waals surface area contributed by atoms with Gasteiger partial charge in [-0.3, -0.25) is 20.4 Å². The number of rotatable bonds is 4. The molecular formula is C21H20N2O3. The Hall–Kier alpha value is -3.34. The maximum atomic E-state index is 12.2. The van der Waals surface area contributed by atoms with Crippen LogP contribution in [0.5, 0.6) is 5.75 Å². The Balaban J connectivity index is 1.54. The van der Waals surface area contributed by atoms with Crippen molar-refractivity contribution in [2.24, 2.45) is 0 Å². The fourth-order valence-corrected chi connectivity index (χ4v) is 2.57. The second kappa shape index (κ2) is 7.70. The normalized spacial score (nSPS) is 10.4. The molecule has 0 atom stereocenters. The second-order valence-electron chi connectivity index (χ2n) is 6.12. The van der Waals surface area contributed by atoms with Crippen molar-refractivity contribution < 1.29 is 14.3 Å². The Morgan fingerprint density at radius 3 is 2.46 bits per heavy atom. The zero-order chi connectivity index (χ0) is 18.5. The van der Waals surface area contributed by atoms with Gasteiger partial charge in [0.15, 0.2) is 6.61 Å². The van der Waals surface area contributed by atoms with Crippen molar-refractivity contribution in [1.29, 1.82) is 0 Å². The molecule has 0 aromatic heterocycles. The van der Waals surface area contributed by atoms with Gasteiger partial charge in [-0.25, -0.2) is 0 Å². The molecule has 0 saturated heterocycles. The van der Waals surface area contributed by atoms with Gasteiger partial charge in [-0.1, -0.05) is 42.5 Å². The number of amides is 2. The minimum atomic E-state index is -0.431. The molecule has 0 radical (unpaired) electrons. The first-order valence-corrected chi connectivity index (χ1v) is 8.31. The third kappa shape index (κ3) is 4.19. The number of carbonyl (C=O) groups excluding carboxylic acids is 2. The first-order valence-electron chi connectivity index (χ1n) is 8.31. The number of ether oxygens (including phenoxy) is 1. The van der Waals surface area contributed by atoms with Crippen LogP contribution in [0.4, 0.5) is 0 Å². The molecule has 0 aliphatic rings. The standard InChI is InChI=1S/C21H20N2O3/c1-14-7-8-15(2)19(11-14)26-13-20(24)22-23-21(25)18-10-9-16-5-3-4-6-17(16)12-18/h3-12H,13H2,1-2H3,(H,22,24)(H,23,25). The highest BCUT2D eigenvalue weighted by Gasteiger charge is 2.09. The van der Waals surface area contributed by atoms with Crippen LogP contribution in [0.3, 0.4) is 0 Å². The molecule has 0 fully saturated rings. The van der Waals surface area contributed by atoms with Crippen molar-refractivity contribution in [3.05, 3.63) is 77.4 Å². The van der Waals surface area contributed by atoms with Crippen LogP contribution < -0.4 is 15.6 Å². The molecule has 0 aliphatic heterocycles. The SMILES string of the molecule is Cc1ccc(C)c(OCC(=O)NNC(=O)c2ccc3ccccc3c2)c1. The van der Waals surface area contributed by atoms with Gasteiger partial charge in [0.2, 0.25) is 0 Å². The summed E-state index contributed by atoms with van der Waals surface area (Å²) >= 11 is 0.